The molecule has 0 radical (unpaired) electrons. The van der Waals surface area contributed by atoms with Crippen LogP contribution in [0, 0.1) is 0 Å². The van der Waals surface area contributed by atoms with Gasteiger partial charge in [-0.2, -0.15) is 5.10 Å². The van der Waals surface area contributed by atoms with E-state index in [1.807, 2.05) is 12.1 Å². The molecular weight excluding hydrogens is 417 g/mol. The number of methoxy groups -OCH3 is 2. The zero-order valence-corrected chi connectivity index (χ0v) is 17.5. The molecule has 0 saturated heterocycles. The number of rotatable bonds is 9. The molecule has 0 spiro atoms. The molecule has 2 aromatic rings. The molecule has 2 N–H and O–H groups in total. The lowest BCUT2D eigenvalue weighted by Gasteiger charge is -2.10. The van der Waals surface area contributed by atoms with Crippen LogP contribution in [-0.2, 0) is 16.0 Å². The molecule has 7 nitrogen and oxygen atoms in total. The largest absolute Gasteiger partial charge is 0.493 e. The van der Waals surface area contributed by atoms with Crippen LogP contribution in [0.5, 0.6) is 11.5 Å². The Morgan fingerprint density at radius 2 is 1.76 bits per heavy atom. The number of hydrogen-bond acceptors (Lipinski definition) is 5. The van der Waals surface area contributed by atoms with E-state index in [1.165, 1.54) is 6.21 Å². The molecule has 2 aromatic carbocycles. The number of nitrogens with one attached hydrogen (secondary N) is 2. The van der Waals surface area contributed by atoms with Gasteiger partial charge in [-0.25, -0.2) is 5.43 Å². The fourth-order valence-electron chi connectivity index (χ4n) is 2.40. The molecule has 0 fully saturated rings. The van der Waals surface area contributed by atoms with Crippen LogP contribution in [-0.4, -0.2) is 38.8 Å². The highest BCUT2D eigenvalue weighted by atomic mass is 35.5. The topological polar surface area (TPSA) is 89.0 Å². The van der Waals surface area contributed by atoms with Crippen LogP contribution in [0.1, 0.15) is 17.5 Å². The number of amides is 2. The molecular formula is C20H21Cl2N3O4. The Bertz CT molecular complexity index is 903. The lowest BCUT2D eigenvalue weighted by molar-refractivity contribution is -0.129. The van der Waals surface area contributed by atoms with Crippen molar-refractivity contribution in [2.24, 2.45) is 5.10 Å². The second-order valence-corrected chi connectivity index (χ2v) is 6.75. The van der Waals surface area contributed by atoms with Gasteiger partial charge in [0.25, 0.3) is 0 Å². The summed E-state index contributed by atoms with van der Waals surface area (Å²) in [5.74, 6) is 0.339. The van der Waals surface area contributed by atoms with Crippen molar-refractivity contribution in [3.63, 3.8) is 0 Å². The second kappa shape index (κ2) is 11.3. The first-order valence-corrected chi connectivity index (χ1v) is 9.43. The van der Waals surface area contributed by atoms with Crippen molar-refractivity contribution in [3.8, 4) is 11.5 Å². The molecule has 0 aromatic heterocycles. The quantitative estimate of drug-likeness (QED) is 0.358. The fourth-order valence-corrected chi connectivity index (χ4v) is 2.71. The van der Waals surface area contributed by atoms with E-state index >= 15 is 0 Å². The van der Waals surface area contributed by atoms with Crippen molar-refractivity contribution in [1.29, 1.82) is 0 Å². The minimum atomic E-state index is -0.523. The van der Waals surface area contributed by atoms with Crippen LogP contribution < -0.4 is 20.2 Å². The number of carbonyl (C=O) groups excluding carboxylic acids is 2. The summed E-state index contributed by atoms with van der Waals surface area (Å²) in [5.41, 5.74) is 3.93. The second-order valence-electron chi connectivity index (χ2n) is 5.93. The van der Waals surface area contributed by atoms with Crippen molar-refractivity contribution in [1.82, 2.24) is 10.7 Å². The lowest BCUT2D eigenvalue weighted by Crippen LogP contribution is -2.31. The predicted octanol–water partition coefficient (Wildman–Crippen LogP) is 3.21. The maximum atomic E-state index is 11.9. The first kappa shape index (κ1) is 22.5. The van der Waals surface area contributed by atoms with Gasteiger partial charge in [-0.1, -0.05) is 35.3 Å². The summed E-state index contributed by atoms with van der Waals surface area (Å²) in [7, 11) is 3.13. The molecule has 0 aliphatic rings. The average molecular weight is 438 g/mol. The molecule has 29 heavy (non-hydrogen) atoms. The first-order chi connectivity index (χ1) is 13.9. The highest BCUT2D eigenvalue weighted by molar-refractivity contribution is 6.42. The van der Waals surface area contributed by atoms with Crippen LogP contribution in [0.15, 0.2) is 41.5 Å². The van der Waals surface area contributed by atoms with Gasteiger partial charge in [0.1, 0.15) is 6.42 Å². The molecule has 0 atom stereocenters. The smallest absolute Gasteiger partial charge is 0.249 e. The van der Waals surface area contributed by atoms with E-state index in [0.29, 0.717) is 40.1 Å². The van der Waals surface area contributed by atoms with E-state index in [-0.39, 0.29) is 6.42 Å². The van der Waals surface area contributed by atoms with Crippen LogP contribution in [0.4, 0.5) is 0 Å². The monoisotopic (exact) mass is 437 g/mol. The molecule has 0 unspecified atom stereocenters. The van der Waals surface area contributed by atoms with E-state index in [9.17, 15) is 9.59 Å². The summed E-state index contributed by atoms with van der Waals surface area (Å²) in [5, 5.41) is 7.30. The molecule has 9 heteroatoms. The lowest BCUT2D eigenvalue weighted by atomic mass is 10.1. The Kier molecular flexibility index (Phi) is 8.76. The van der Waals surface area contributed by atoms with Gasteiger partial charge >= 0.3 is 0 Å². The zero-order valence-electron chi connectivity index (χ0n) is 16.0. The van der Waals surface area contributed by atoms with E-state index in [0.717, 1.165) is 5.56 Å². The molecule has 2 rings (SSSR count). The van der Waals surface area contributed by atoms with Gasteiger partial charge in [0.05, 0.1) is 30.5 Å². The molecule has 0 bridgehead atoms. The number of nitrogens with zero attached hydrogens (tertiary/aromatic N) is 1. The highest BCUT2D eigenvalue weighted by Gasteiger charge is 2.09. The average Bonchev–Trinajstić information content (AvgIpc) is 2.70. The Hall–Kier alpha value is -2.77. The van der Waals surface area contributed by atoms with Gasteiger partial charge in [-0.3, -0.25) is 9.59 Å². The molecule has 0 aliphatic heterocycles. The van der Waals surface area contributed by atoms with Crippen molar-refractivity contribution < 1.29 is 19.1 Å². The van der Waals surface area contributed by atoms with Gasteiger partial charge in [0.2, 0.25) is 11.8 Å². The van der Waals surface area contributed by atoms with Crippen LogP contribution in [0.3, 0.4) is 0 Å². The van der Waals surface area contributed by atoms with Gasteiger partial charge < -0.3 is 14.8 Å². The number of hydrogen-bond donors (Lipinski definition) is 2. The van der Waals surface area contributed by atoms with Crippen molar-refractivity contribution in [2.45, 2.75) is 12.8 Å². The number of benzene rings is 2. The first-order valence-electron chi connectivity index (χ1n) is 8.67. The molecule has 154 valence electrons. The molecule has 2 amide bonds. The van der Waals surface area contributed by atoms with Crippen molar-refractivity contribution >= 4 is 41.2 Å². The third-order valence-corrected chi connectivity index (χ3v) is 4.59. The summed E-state index contributed by atoms with van der Waals surface area (Å²) >= 11 is 11.7. The molecule has 0 aliphatic carbocycles. The van der Waals surface area contributed by atoms with Crippen molar-refractivity contribution in [3.05, 3.63) is 57.6 Å². The van der Waals surface area contributed by atoms with E-state index < -0.39 is 11.8 Å². The fraction of sp³-hybridized carbons (Fsp3) is 0.250. The zero-order chi connectivity index (χ0) is 21.2. The molecule has 0 heterocycles. The van der Waals surface area contributed by atoms with Crippen LogP contribution in [0.2, 0.25) is 10.0 Å². The summed E-state index contributed by atoms with van der Waals surface area (Å²) in [4.78, 5) is 23.7. The maximum absolute atomic E-state index is 11.9. The number of ether oxygens (including phenoxy) is 2. The van der Waals surface area contributed by atoms with Crippen molar-refractivity contribution in [2.75, 3.05) is 20.8 Å². The maximum Gasteiger partial charge on any atom is 0.249 e. The van der Waals surface area contributed by atoms with E-state index in [2.05, 4.69) is 15.8 Å². The standard InChI is InChI=1S/C20H21Cl2N3O4/c1-28-17-6-4-13(10-18(17)29-2)7-8-23-19(26)11-20(27)25-24-12-14-3-5-15(21)16(22)9-14/h3-6,9-10,12H,7-8,11H2,1-2H3,(H,23,26)(H,25,27)/b24-12-. The summed E-state index contributed by atoms with van der Waals surface area (Å²) in [6.07, 6.45) is 1.67. The normalized spacial score (nSPS) is 10.6. The van der Waals surface area contributed by atoms with Crippen LogP contribution >= 0.6 is 23.2 Å². The number of halogens is 2. The Morgan fingerprint density at radius 3 is 2.45 bits per heavy atom. The minimum Gasteiger partial charge on any atom is -0.493 e. The highest BCUT2D eigenvalue weighted by Crippen LogP contribution is 2.27. The molecule has 0 saturated carbocycles. The number of carbonyl (C=O) groups is 2. The van der Waals surface area contributed by atoms with Gasteiger partial charge in [0.15, 0.2) is 11.5 Å². The summed E-state index contributed by atoms with van der Waals surface area (Å²) in [6, 6.07) is 10.5. The van der Waals surface area contributed by atoms with E-state index in [1.54, 1.807) is 38.5 Å². The van der Waals surface area contributed by atoms with Gasteiger partial charge in [0, 0.05) is 6.54 Å². The summed E-state index contributed by atoms with van der Waals surface area (Å²) < 4.78 is 10.4. The summed E-state index contributed by atoms with van der Waals surface area (Å²) in [6.45, 7) is 0.383. The third-order valence-electron chi connectivity index (χ3n) is 3.85. The third kappa shape index (κ3) is 7.29. The predicted molar refractivity (Wildman–Crippen MR) is 113 cm³/mol. The SMILES string of the molecule is COc1ccc(CCNC(=O)CC(=O)N/N=C\c2ccc(Cl)c(Cl)c2)cc1OC. The Labute approximate surface area is 179 Å². The minimum absolute atomic E-state index is 0.329. The Balaban J connectivity index is 1.73. The van der Waals surface area contributed by atoms with Crippen LogP contribution in [0.25, 0.3) is 0 Å². The van der Waals surface area contributed by atoms with Gasteiger partial charge in [-0.15, -0.1) is 0 Å². The van der Waals surface area contributed by atoms with E-state index in [4.69, 9.17) is 32.7 Å². The number of hydrazone groups is 1. The Morgan fingerprint density at radius 1 is 1.00 bits per heavy atom. The van der Waals surface area contributed by atoms with Gasteiger partial charge in [-0.05, 0) is 41.8 Å².